The molecule has 1 aliphatic heterocycles. The van der Waals surface area contributed by atoms with E-state index in [-0.39, 0.29) is 11.8 Å². The molecule has 0 amide bonds. The minimum Gasteiger partial charge on any atom is -0.496 e. The van der Waals surface area contributed by atoms with Crippen molar-refractivity contribution in [3.63, 3.8) is 0 Å². The van der Waals surface area contributed by atoms with Crippen molar-refractivity contribution < 1.29 is 29.0 Å². The highest BCUT2D eigenvalue weighted by Crippen LogP contribution is 2.33. The summed E-state index contributed by atoms with van der Waals surface area (Å²) in [6.45, 7) is 4.05. The number of nitrogens with zero attached hydrogens (tertiary/aromatic N) is 1. The molecule has 0 aliphatic carbocycles. The van der Waals surface area contributed by atoms with Gasteiger partial charge in [0.05, 0.1) is 24.7 Å². The van der Waals surface area contributed by atoms with E-state index in [1.54, 1.807) is 6.07 Å². The number of ether oxygens (including phenoxy) is 3. The first-order valence-electron chi connectivity index (χ1n) is 8.27. The largest absolute Gasteiger partial charge is 0.496 e. The summed E-state index contributed by atoms with van der Waals surface area (Å²) in [5, 5.41) is 20.1. The van der Waals surface area contributed by atoms with Crippen LogP contribution in [0.5, 0.6) is 5.75 Å². The molecule has 1 aromatic carbocycles. The van der Waals surface area contributed by atoms with Gasteiger partial charge in [0.25, 0.3) is 5.69 Å². The summed E-state index contributed by atoms with van der Waals surface area (Å²) >= 11 is 0. The average molecular weight is 365 g/mol. The van der Waals surface area contributed by atoms with Crippen molar-refractivity contribution in [2.45, 2.75) is 45.0 Å². The second kappa shape index (κ2) is 8.29. The second-order valence-electron chi connectivity index (χ2n) is 6.48. The van der Waals surface area contributed by atoms with Crippen LogP contribution in [0.4, 0.5) is 5.69 Å². The molecule has 8 nitrogen and oxygen atoms in total. The Morgan fingerprint density at radius 1 is 1.46 bits per heavy atom. The average Bonchev–Trinajstić information content (AvgIpc) is 2.90. The number of hydrogen-bond acceptors (Lipinski definition) is 6. The van der Waals surface area contributed by atoms with Crippen LogP contribution in [0.15, 0.2) is 24.3 Å². The van der Waals surface area contributed by atoms with Crippen LogP contribution in [0.2, 0.25) is 0 Å². The molecule has 1 fully saturated rings. The predicted molar refractivity (Wildman–Crippen MR) is 93.4 cm³/mol. The number of nitro groups is 1. The molecule has 1 aromatic rings. The van der Waals surface area contributed by atoms with E-state index in [0.29, 0.717) is 42.7 Å². The van der Waals surface area contributed by atoms with E-state index >= 15 is 0 Å². The summed E-state index contributed by atoms with van der Waals surface area (Å²) in [5.74, 6) is -1.17. The van der Waals surface area contributed by atoms with Crippen LogP contribution >= 0.6 is 0 Å². The molecule has 0 radical (unpaired) electrons. The number of aryl methyl sites for hydroxylation is 1. The van der Waals surface area contributed by atoms with Crippen molar-refractivity contribution in [2.24, 2.45) is 0 Å². The molecule has 2 rings (SSSR count). The molecular formula is C18H23NO7. The summed E-state index contributed by atoms with van der Waals surface area (Å²) in [7, 11) is 1.51. The highest BCUT2D eigenvalue weighted by Gasteiger charge is 2.33. The summed E-state index contributed by atoms with van der Waals surface area (Å²) in [6, 6.07) is 3.15. The molecule has 0 spiro atoms. The van der Waals surface area contributed by atoms with Gasteiger partial charge in [-0.15, -0.1) is 0 Å². The fourth-order valence-corrected chi connectivity index (χ4v) is 2.91. The van der Waals surface area contributed by atoms with Gasteiger partial charge in [0.2, 0.25) is 0 Å². The fraction of sp³-hybridized carbons (Fsp3) is 0.500. The van der Waals surface area contributed by atoms with Crippen LogP contribution in [0.1, 0.15) is 31.4 Å². The zero-order valence-electron chi connectivity index (χ0n) is 15.1. The Balaban J connectivity index is 2.22. The molecule has 26 heavy (non-hydrogen) atoms. The summed E-state index contributed by atoms with van der Waals surface area (Å²) in [5.41, 5.74) is 1.16. The minimum atomic E-state index is -1.05. The molecule has 1 saturated heterocycles. The smallest absolute Gasteiger partial charge is 0.327 e. The lowest BCUT2D eigenvalue weighted by atomic mass is 10.00. The minimum absolute atomic E-state index is 0.0114. The standard InChI is InChI=1S/C18H23NO7/c1-18(2)25-11-14(26-18)8-13-9-15(19(22)23)12(10-16(13)24-3)6-4-5-7-17(20)21/h5,7,9-10,14H,4,6,8,11H2,1-3H3,(H,20,21). The zero-order valence-corrected chi connectivity index (χ0v) is 15.1. The number of allylic oxidation sites excluding steroid dienone is 1. The Hall–Kier alpha value is -2.45. The Bertz CT molecular complexity index is 712. The van der Waals surface area contributed by atoms with Gasteiger partial charge in [-0.1, -0.05) is 6.08 Å². The van der Waals surface area contributed by atoms with Gasteiger partial charge < -0.3 is 19.3 Å². The van der Waals surface area contributed by atoms with E-state index in [4.69, 9.17) is 19.3 Å². The van der Waals surface area contributed by atoms with Crippen LogP contribution in [-0.2, 0) is 27.1 Å². The molecule has 1 N–H and O–H groups in total. The highest BCUT2D eigenvalue weighted by atomic mass is 16.7. The van der Waals surface area contributed by atoms with Crippen molar-refractivity contribution >= 4 is 11.7 Å². The van der Waals surface area contributed by atoms with Crippen molar-refractivity contribution in [3.05, 3.63) is 45.5 Å². The second-order valence-corrected chi connectivity index (χ2v) is 6.48. The Kier molecular flexibility index (Phi) is 6.33. The third kappa shape index (κ3) is 5.27. The molecule has 0 saturated carbocycles. The number of carboxylic acids is 1. The van der Waals surface area contributed by atoms with Crippen LogP contribution in [-0.4, -0.2) is 41.6 Å². The molecule has 0 aromatic heterocycles. The van der Waals surface area contributed by atoms with Gasteiger partial charge in [-0.05, 0) is 32.8 Å². The molecular weight excluding hydrogens is 342 g/mol. The number of rotatable bonds is 8. The van der Waals surface area contributed by atoms with Gasteiger partial charge in [-0.25, -0.2) is 4.79 Å². The van der Waals surface area contributed by atoms with Crippen molar-refractivity contribution in [1.82, 2.24) is 0 Å². The van der Waals surface area contributed by atoms with E-state index in [2.05, 4.69) is 0 Å². The van der Waals surface area contributed by atoms with E-state index in [1.807, 2.05) is 13.8 Å². The maximum atomic E-state index is 11.5. The summed E-state index contributed by atoms with van der Waals surface area (Å²) in [6.07, 6.45) is 3.44. The van der Waals surface area contributed by atoms with Crippen LogP contribution in [0, 0.1) is 10.1 Å². The fourth-order valence-electron chi connectivity index (χ4n) is 2.91. The third-order valence-corrected chi connectivity index (χ3v) is 4.03. The number of nitro benzene ring substituents is 1. The van der Waals surface area contributed by atoms with Crippen molar-refractivity contribution in [1.29, 1.82) is 0 Å². The number of hydrogen-bond donors (Lipinski definition) is 1. The predicted octanol–water partition coefficient (Wildman–Crippen LogP) is 2.87. The Morgan fingerprint density at radius 2 is 2.19 bits per heavy atom. The van der Waals surface area contributed by atoms with Crippen LogP contribution in [0.3, 0.4) is 0 Å². The van der Waals surface area contributed by atoms with Gasteiger partial charge in [0.1, 0.15) is 5.75 Å². The van der Waals surface area contributed by atoms with Gasteiger partial charge >= 0.3 is 5.97 Å². The molecule has 1 aliphatic rings. The van der Waals surface area contributed by atoms with E-state index in [0.717, 1.165) is 6.08 Å². The topological polar surface area (TPSA) is 108 Å². The Morgan fingerprint density at radius 3 is 2.73 bits per heavy atom. The van der Waals surface area contributed by atoms with Gasteiger partial charge in [-0.3, -0.25) is 10.1 Å². The van der Waals surface area contributed by atoms with Crippen molar-refractivity contribution in [3.8, 4) is 5.75 Å². The maximum Gasteiger partial charge on any atom is 0.327 e. The Labute approximate surface area is 151 Å². The number of carboxylic acid groups (broad SMARTS) is 1. The van der Waals surface area contributed by atoms with Crippen molar-refractivity contribution in [2.75, 3.05) is 13.7 Å². The number of benzene rings is 1. The number of methoxy groups -OCH3 is 1. The van der Waals surface area contributed by atoms with Gasteiger partial charge in [-0.2, -0.15) is 0 Å². The normalized spacial score (nSPS) is 19.0. The summed E-state index contributed by atoms with van der Waals surface area (Å²) in [4.78, 5) is 21.5. The first kappa shape index (κ1) is 19.9. The molecule has 1 heterocycles. The first-order valence-corrected chi connectivity index (χ1v) is 8.27. The van der Waals surface area contributed by atoms with E-state index in [1.165, 1.54) is 19.3 Å². The quantitative estimate of drug-likeness (QED) is 0.429. The summed E-state index contributed by atoms with van der Waals surface area (Å²) < 4.78 is 16.7. The van der Waals surface area contributed by atoms with Gasteiger partial charge in [0.15, 0.2) is 5.79 Å². The number of carbonyl (C=O) groups is 1. The molecule has 142 valence electrons. The lowest BCUT2D eigenvalue weighted by Crippen LogP contribution is -2.22. The molecule has 0 bridgehead atoms. The first-order chi connectivity index (χ1) is 12.2. The molecule has 1 unspecified atom stereocenters. The lowest BCUT2D eigenvalue weighted by molar-refractivity contribution is -0.385. The van der Waals surface area contributed by atoms with E-state index in [9.17, 15) is 14.9 Å². The lowest BCUT2D eigenvalue weighted by Gasteiger charge is -2.18. The SMILES string of the molecule is COc1cc(CCC=CC(=O)O)c([N+](=O)[O-])cc1CC1COC(C)(C)O1. The molecule has 8 heteroatoms. The number of aliphatic carboxylic acids is 1. The zero-order chi connectivity index (χ0) is 19.3. The highest BCUT2D eigenvalue weighted by molar-refractivity contribution is 5.79. The van der Waals surface area contributed by atoms with Gasteiger partial charge in [0, 0.05) is 29.7 Å². The van der Waals surface area contributed by atoms with Crippen LogP contribution in [0.25, 0.3) is 0 Å². The third-order valence-electron chi connectivity index (χ3n) is 4.03. The van der Waals surface area contributed by atoms with E-state index < -0.39 is 16.7 Å². The monoisotopic (exact) mass is 365 g/mol. The molecule has 1 atom stereocenters. The van der Waals surface area contributed by atoms with Crippen LogP contribution < -0.4 is 4.74 Å². The maximum absolute atomic E-state index is 11.5.